The fourth-order valence-corrected chi connectivity index (χ4v) is 1.09. The zero-order chi connectivity index (χ0) is 12.0. The van der Waals surface area contributed by atoms with Gasteiger partial charge in [-0.15, -0.1) is 0 Å². The lowest BCUT2D eigenvalue weighted by molar-refractivity contribution is 0.232. The molecule has 1 atom stereocenters. The topological polar surface area (TPSA) is 73.1 Å². The second-order valence-electron chi connectivity index (χ2n) is 4.13. The van der Waals surface area contributed by atoms with E-state index in [0.717, 1.165) is 12.4 Å². The van der Waals surface area contributed by atoms with E-state index in [1.54, 1.807) is 12.4 Å². The molecule has 3 N–H and O–H groups in total. The molecule has 0 fully saturated rings. The Morgan fingerprint density at radius 2 is 2.12 bits per heavy atom. The third-order valence-electron chi connectivity index (χ3n) is 2.00. The van der Waals surface area contributed by atoms with Crippen LogP contribution < -0.4 is 15.8 Å². The average Bonchev–Trinajstić information content (AvgIpc) is 2.25. The fraction of sp³-hybridized carbons (Fsp3) is 0.636. The van der Waals surface area contributed by atoms with E-state index >= 15 is 0 Å². The number of nitrogens with zero attached hydrogens (tertiary/aromatic N) is 2. The molecule has 0 radical (unpaired) electrons. The molecule has 0 amide bonds. The number of ether oxygens (including phenoxy) is 1. The zero-order valence-electron chi connectivity index (χ0n) is 10.1. The molecular weight excluding hydrogens is 204 g/mol. The summed E-state index contributed by atoms with van der Waals surface area (Å²) in [5, 5.41) is 3.18. The number of rotatable bonds is 6. The molecule has 0 spiro atoms. The lowest BCUT2D eigenvalue weighted by atomic mass is 10.2. The van der Waals surface area contributed by atoms with Gasteiger partial charge < -0.3 is 15.8 Å². The van der Waals surface area contributed by atoms with Gasteiger partial charge in [-0.1, -0.05) is 6.92 Å². The van der Waals surface area contributed by atoms with Crippen molar-refractivity contribution in [3.8, 4) is 5.88 Å². The van der Waals surface area contributed by atoms with Crippen LogP contribution in [-0.4, -0.2) is 29.2 Å². The van der Waals surface area contributed by atoms with Crippen LogP contribution in [0, 0.1) is 5.92 Å². The Bertz CT molecular complexity index is 317. The van der Waals surface area contributed by atoms with Crippen LogP contribution in [0.2, 0.25) is 0 Å². The van der Waals surface area contributed by atoms with Gasteiger partial charge in [-0.25, -0.2) is 0 Å². The van der Waals surface area contributed by atoms with Gasteiger partial charge in [-0.3, -0.25) is 4.98 Å². The van der Waals surface area contributed by atoms with Gasteiger partial charge in [-0.2, -0.15) is 4.98 Å². The van der Waals surface area contributed by atoms with Crippen molar-refractivity contribution in [2.45, 2.75) is 26.9 Å². The lowest BCUT2D eigenvalue weighted by Crippen LogP contribution is -2.20. The van der Waals surface area contributed by atoms with E-state index in [9.17, 15) is 0 Å². The summed E-state index contributed by atoms with van der Waals surface area (Å²) in [6.45, 7) is 7.43. The van der Waals surface area contributed by atoms with Crippen LogP contribution in [0.1, 0.15) is 20.8 Å². The zero-order valence-corrected chi connectivity index (χ0v) is 10.1. The van der Waals surface area contributed by atoms with Crippen molar-refractivity contribution in [3.05, 3.63) is 12.4 Å². The second kappa shape index (κ2) is 6.27. The van der Waals surface area contributed by atoms with Gasteiger partial charge in [0, 0.05) is 6.54 Å². The first-order valence-corrected chi connectivity index (χ1v) is 5.54. The van der Waals surface area contributed by atoms with Gasteiger partial charge in [0.25, 0.3) is 0 Å². The van der Waals surface area contributed by atoms with Gasteiger partial charge in [0.05, 0.1) is 18.5 Å². The Morgan fingerprint density at radius 3 is 2.75 bits per heavy atom. The van der Waals surface area contributed by atoms with Crippen LogP contribution in [0.15, 0.2) is 12.4 Å². The van der Waals surface area contributed by atoms with Crippen molar-refractivity contribution in [1.29, 1.82) is 0 Å². The summed E-state index contributed by atoms with van der Waals surface area (Å²) in [5.74, 6) is 1.68. The molecule has 1 unspecified atom stereocenters. The summed E-state index contributed by atoms with van der Waals surface area (Å²) >= 11 is 0. The van der Waals surface area contributed by atoms with E-state index < -0.39 is 0 Å². The quantitative estimate of drug-likeness (QED) is 0.761. The fourth-order valence-electron chi connectivity index (χ4n) is 1.09. The van der Waals surface area contributed by atoms with Crippen molar-refractivity contribution in [1.82, 2.24) is 9.97 Å². The van der Waals surface area contributed by atoms with E-state index in [0.29, 0.717) is 18.3 Å². The summed E-state index contributed by atoms with van der Waals surface area (Å²) in [5.41, 5.74) is 5.53. The molecule has 0 saturated carbocycles. The first kappa shape index (κ1) is 12.7. The van der Waals surface area contributed by atoms with Gasteiger partial charge in [0.2, 0.25) is 5.88 Å². The van der Waals surface area contributed by atoms with Crippen LogP contribution in [0.25, 0.3) is 0 Å². The number of anilines is 1. The molecule has 5 nitrogen and oxygen atoms in total. The van der Waals surface area contributed by atoms with E-state index in [2.05, 4.69) is 22.2 Å². The molecule has 0 aromatic carbocycles. The van der Waals surface area contributed by atoms with Crippen molar-refractivity contribution in [2.24, 2.45) is 11.7 Å². The molecule has 1 aromatic rings. The van der Waals surface area contributed by atoms with Crippen molar-refractivity contribution in [2.75, 3.05) is 18.4 Å². The van der Waals surface area contributed by atoms with Crippen LogP contribution >= 0.6 is 0 Å². The molecule has 0 aliphatic carbocycles. The number of nitrogens with one attached hydrogen (secondary N) is 1. The van der Waals surface area contributed by atoms with Crippen LogP contribution in [0.3, 0.4) is 0 Å². The van der Waals surface area contributed by atoms with Gasteiger partial charge in [0.1, 0.15) is 5.82 Å². The first-order valence-electron chi connectivity index (χ1n) is 5.54. The van der Waals surface area contributed by atoms with Crippen molar-refractivity contribution < 1.29 is 4.74 Å². The summed E-state index contributed by atoms with van der Waals surface area (Å²) < 4.78 is 5.45. The predicted octanol–water partition coefficient (Wildman–Crippen LogP) is 1.27. The SMILES string of the molecule is CC(CN)CNc1cncc(OC(C)C)n1. The summed E-state index contributed by atoms with van der Waals surface area (Å²) in [6.07, 6.45) is 3.39. The lowest BCUT2D eigenvalue weighted by Gasteiger charge is -2.12. The Kier molecular flexibility index (Phi) is 4.98. The maximum Gasteiger partial charge on any atom is 0.234 e. The van der Waals surface area contributed by atoms with Gasteiger partial charge >= 0.3 is 0 Å². The Balaban J connectivity index is 2.53. The third kappa shape index (κ3) is 4.44. The molecule has 0 aliphatic rings. The highest BCUT2D eigenvalue weighted by atomic mass is 16.5. The Morgan fingerprint density at radius 1 is 1.38 bits per heavy atom. The largest absolute Gasteiger partial charge is 0.474 e. The average molecular weight is 224 g/mol. The van der Waals surface area contributed by atoms with E-state index in [4.69, 9.17) is 10.5 Å². The number of hydrogen-bond acceptors (Lipinski definition) is 5. The van der Waals surface area contributed by atoms with Crippen LogP contribution in [-0.2, 0) is 0 Å². The number of nitrogens with two attached hydrogens (primary N) is 1. The summed E-state index contributed by atoms with van der Waals surface area (Å²) in [6, 6.07) is 0. The minimum absolute atomic E-state index is 0.104. The molecule has 1 aromatic heterocycles. The van der Waals surface area contributed by atoms with Crippen LogP contribution in [0.5, 0.6) is 5.88 Å². The van der Waals surface area contributed by atoms with Crippen LogP contribution in [0.4, 0.5) is 5.82 Å². The molecule has 90 valence electrons. The molecule has 16 heavy (non-hydrogen) atoms. The highest BCUT2D eigenvalue weighted by Gasteiger charge is 2.03. The number of hydrogen-bond donors (Lipinski definition) is 2. The first-order chi connectivity index (χ1) is 7.61. The van der Waals surface area contributed by atoms with Crippen molar-refractivity contribution >= 4 is 5.82 Å². The smallest absolute Gasteiger partial charge is 0.234 e. The number of aromatic nitrogens is 2. The van der Waals surface area contributed by atoms with E-state index in [-0.39, 0.29) is 6.10 Å². The highest BCUT2D eigenvalue weighted by molar-refractivity contribution is 5.33. The normalized spacial score (nSPS) is 12.6. The van der Waals surface area contributed by atoms with Gasteiger partial charge in [-0.05, 0) is 26.3 Å². The highest BCUT2D eigenvalue weighted by Crippen LogP contribution is 2.10. The molecule has 1 heterocycles. The van der Waals surface area contributed by atoms with E-state index in [1.807, 2.05) is 13.8 Å². The maximum atomic E-state index is 5.53. The minimum atomic E-state index is 0.104. The monoisotopic (exact) mass is 224 g/mol. The molecule has 0 aliphatic heterocycles. The molecule has 0 saturated heterocycles. The van der Waals surface area contributed by atoms with Crippen molar-refractivity contribution in [3.63, 3.8) is 0 Å². The van der Waals surface area contributed by atoms with Gasteiger partial charge in [0.15, 0.2) is 0 Å². The second-order valence-corrected chi connectivity index (χ2v) is 4.13. The molecule has 1 rings (SSSR count). The predicted molar refractivity (Wildman–Crippen MR) is 64.5 cm³/mol. The summed E-state index contributed by atoms with van der Waals surface area (Å²) in [4.78, 5) is 8.34. The maximum absolute atomic E-state index is 5.53. The molecule has 5 heteroatoms. The Labute approximate surface area is 96.4 Å². The Hall–Kier alpha value is -1.36. The summed E-state index contributed by atoms with van der Waals surface area (Å²) in [7, 11) is 0. The molecular formula is C11H20N4O. The van der Waals surface area contributed by atoms with E-state index in [1.165, 1.54) is 0 Å². The standard InChI is InChI=1S/C11H20N4O/c1-8(2)16-11-7-13-6-10(15-11)14-5-9(3)4-12/h6-9H,4-5,12H2,1-3H3,(H,14,15). The third-order valence-corrected chi connectivity index (χ3v) is 2.00. The minimum Gasteiger partial charge on any atom is -0.474 e. The molecule has 0 bridgehead atoms.